The van der Waals surface area contributed by atoms with E-state index in [0.717, 1.165) is 42.2 Å². The lowest BCUT2D eigenvalue weighted by molar-refractivity contribution is -0.138. The average Bonchev–Trinajstić information content (AvgIpc) is 3.19. The Balaban J connectivity index is 1.55. The lowest BCUT2D eigenvalue weighted by Crippen LogP contribution is -2.49. The summed E-state index contributed by atoms with van der Waals surface area (Å²) in [5.74, 6) is -0.225. The van der Waals surface area contributed by atoms with Crippen molar-refractivity contribution in [3.8, 4) is 10.4 Å². The molecule has 1 amide bonds. The maximum Gasteiger partial charge on any atom is 0.419 e. The van der Waals surface area contributed by atoms with E-state index in [1.165, 1.54) is 23.5 Å². The molecule has 1 saturated heterocycles. The number of piperidine rings is 1. The molecule has 3 aromatic rings. The second-order valence-corrected chi connectivity index (χ2v) is 9.69. The smallest absolute Gasteiger partial charge is 0.332 e. The van der Waals surface area contributed by atoms with Crippen molar-refractivity contribution < 1.29 is 22.4 Å². The Kier molecular flexibility index (Phi) is 6.97. The molecule has 2 unspecified atom stereocenters. The van der Waals surface area contributed by atoms with Crippen LogP contribution in [0.15, 0.2) is 36.7 Å². The number of thiazole rings is 1. The zero-order chi connectivity index (χ0) is 24.5. The minimum absolute atomic E-state index is 0.0113. The van der Waals surface area contributed by atoms with Gasteiger partial charge in [-0.2, -0.15) is 13.2 Å². The number of hydrogen-bond acceptors (Lipinski definition) is 5. The molecule has 0 aliphatic carbocycles. The average molecular weight is 493 g/mol. The molecule has 2 atom stereocenters. The van der Waals surface area contributed by atoms with Crippen LogP contribution in [0.25, 0.3) is 10.4 Å². The third-order valence-electron chi connectivity index (χ3n) is 6.04. The minimum atomic E-state index is -4.48. The van der Waals surface area contributed by atoms with E-state index in [1.807, 2.05) is 18.7 Å². The number of carbonyl (C=O) groups is 1. The first kappa shape index (κ1) is 24.3. The topological polar surface area (TPSA) is 59.0 Å². The normalized spacial score (nSPS) is 18.8. The second-order valence-electron chi connectivity index (χ2n) is 8.49. The molecule has 0 N–H and O–H groups in total. The monoisotopic (exact) mass is 492 g/mol. The predicted molar refractivity (Wildman–Crippen MR) is 121 cm³/mol. The van der Waals surface area contributed by atoms with Crippen LogP contribution in [0.5, 0.6) is 0 Å². The van der Waals surface area contributed by atoms with E-state index in [1.54, 1.807) is 12.1 Å². The molecule has 1 fully saturated rings. The van der Waals surface area contributed by atoms with Crippen LogP contribution in [-0.4, -0.2) is 37.8 Å². The Morgan fingerprint density at radius 1 is 1.15 bits per heavy atom. The van der Waals surface area contributed by atoms with E-state index in [4.69, 9.17) is 0 Å². The summed E-state index contributed by atoms with van der Waals surface area (Å²) >= 11 is 1.39. The van der Waals surface area contributed by atoms with Crippen LogP contribution in [-0.2, 0) is 12.6 Å². The highest BCUT2D eigenvalue weighted by atomic mass is 32.1. The first-order chi connectivity index (χ1) is 16.1. The summed E-state index contributed by atoms with van der Waals surface area (Å²) in [6.07, 6.45) is 0.596. The van der Waals surface area contributed by atoms with Crippen LogP contribution in [0.1, 0.15) is 59.5 Å². The summed E-state index contributed by atoms with van der Waals surface area (Å²) in [6, 6.07) is 5.87. The van der Waals surface area contributed by atoms with Gasteiger partial charge in [0, 0.05) is 30.9 Å². The second kappa shape index (κ2) is 9.77. The van der Waals surface area contributed by atoms with Gasteiger partial charge < -0.3 is 4.90 Å². The summed E-state index contributed by atoms with van der Waals surface area (Å²) in [5.41, 5.74) is 0.194. The Labute approximate surface area is 198 Å². The standard InChI is InChI=1S/C24H24F4N4OS/c1-14-4-3-5-19(10-11-20-29-12-17(13-30-20)24(26,27)28)32(14)23(33)21-22(34-15(2)31-21)16-6-8-18(25)9-7-16/h6-9,12-14,19H,3-5,10-11H2,1-2H3. The van der Waals surface area contributed by atoms with Crippen molar-refractivity contribution in [3.63, 3.8) is 0 Å². The van der Waals surface area contributed by atoms with Crippen molar-refractivity contribution >= 4 is 17.2 Å². The first-order valence-corrected chi connectivity index (χ1v) is 11.9. The van der Waals surface area contributed by atoms with Crippen molar-refractivity contribution in [1.82, 2.24) is 19.9 Å². The number of hydrogen-bond donors (Lipinski definition) is 0. The van der Waals surface area contributed by atoms with Gasteiger partial charge in [0.2, 0.25) is 0 Å². The fraction of sp³-hybridized carbons (Fsp3) is 0.417. The molecule has 2 aromatic heterocycles. The number of likely N-dealkylation sites (tertiary alicyclic amines) is 1. The predicted octanol–water partition coefficient (Wildman–Crippen LogP) is 6.08. The zero-order valence-corrected chi connectivity index (χ0v) is 19.6. The molecule has 0 radical (unpaired) electrons. The molecular weight excluding hydrogens is 468 g/mol. The highest BCUT2D eigenvalue weighted by molar-refractivity contribution is 7.15. The van der Waals surface area contributed by atoms with E-state index in [0.29, 0.717) is 29.2 Å². The van der Waals surface area contributed by atoms with Gasteiger partial charge in [0.1, 0.15) is 17.3 Å². The number of rotatable bonds is 5. The highest BCUT2D eigenvalue weighted by Gasteiger charge is 2.35. The minimum Gasteiger partial charge on any atom is -0.332 e. The van der Waals surface area contributed by atoms with Crippen LogP contribution < -0.4 is 0 Å². The van der Waals surface area contributed by atoms with Gasteiger partial charge in [-0.3, -0.25) is 4.79 Å². The highest BCUT2D eigenvalue weighted by Crippen LogP contribution is 2.34. The summed E-state index contributed by atoms with van der Waals surface area (Å²) in [5, 5.41) is 0.738. The SMILES string of the molecule is Cc1nc(C(=O)N2C(C)CCCC2CCc2ncc(C(F)(F)F)cn2)c(-c2ccc(F)cc2)s1. The molecule has 0 bridgehead atoms. The fourth-order valence-electron chi connectivity index (χ4n) is 4.35. The van der Waals surface area contributed by atoms with Gasteiger partial charge >= 0.3 is 6.18 Å². The lowest BCUT2D eigenvalue weighted by Gasteiger charge is -2.40. The van der Waals surface area contributed by atoms with Crippen LogP contribution in [0.2, 0.25) is 0 Å². The number of alkyl halides is 3. The van der Waals surface area contributed by atoms with Gasteiger partial charge in [-0.05, 0) is 57.2 Å². The van der Waals surface area contributed by atoms with Crippen molar-refractivity contribution in [1.29, 1.82) is 0 Å². The number of benzene rings is 1. The van der Waals surface area contributed by atoms with E-state index < -0.39 is 11.7 Å². The van der Waals surface area contributed by atoms with E-state index in [2.05, 4.69) is 15.0 Å². The Morgan fingerprint density at radius 3 is 2.47 bits per heavy atom. The molecule has 10 heteroatoms. The number of halogens is 4. The molecule has 1 aliphatic rings. The molecule has 1 aromatic carbocycles. The quantitative estimate of drug-likeness (QED) is 0.405. The van der Waals surface area contributed by atoms with Crippen molar-refractivity contribution in [2.45, 2.75) is 64.2 Å². The van der Waals surface area contributed by atoms with Gasteiger partial charge in [0.15, 0.2) is 0 Å². The molecular formula is C24H24F4N4OS. The number of aryl methyl sites for hydroxylation is 2. The van der Waals surface area contributed by atoms with Crippen molar-refractivity contribution in [3.05, 3.63) is 64.6 Å². The third-order valence-corrected chi connectivity index (χ3v) is 7.06. The zero-order valence-electron chi connectivity index (χ0n) is 18.8. The number of carbonyl (C=O) groups excluding carboxylic acids is 1. The fourth-order valence-corrected chi connectivity index (χ4v) is 5.27. The lowest BCUT2D eigenvalue weighted by atomic mass is 9.92. The van der Waals surface area contributed by atoms with Crippen LogP contribution in [0.4, 0.5) is 17.6 Å². The molecule has 0 spiro atoms. The summed E-state index contributed by atoms with van der Waals surface area (Å²) in [6.45, 7) is 3.82. The van der Waals surface area contributed by atoms with Gasteiger partial charge in [0.25, 0.3) is 5.91 Å². The van der Waals surface area contributed by atoms with Crippen LogP contribution in [0.3, 0.4) is 0 Å². The van der Waals surface area contributed by atoms with Crippen LogP contribution >= 0.6 is 11.3 Å². The summed E-state index contributed by atoms with van der Waals surface area (Å²) < 4.78 is 51.7. The first-order valence-electron chi connectivity index (χ1n) is 11.1. The van der Waals surface area contributed by atoms with Gasteiger partial charge in [0.05, 0.1) is 15.4 Å². The molecule has 1 aliphatic heterocycles. The van der Waals surface area contributed by atoms with Gasteiger partial charge in [-0.1, -0.05) is 12.1 Å². The number of aromatic nitrogens is 3. The van der Waals surface area contributed by atoms with Crippen molar-refractivity contribution in [2.24, 2.45) is 0 Å². The largest absolute Gasteiger partial charge is 0.419 e. The molecule has 3 heterocycles. The summed E-state index contributed by atoms with van der Waals surface area (Å²) in [7, 11) is 0. The number of nitrogens with zero attached hydrogens (tertiary/aromatic N) is 4. The van der Waals surface area contributed by atoms with E-state index in [-0.39, 0.29) is 23.8 Å². The Hall–Kier alpha value is -2.88. The summed E-state index contributed by atoms with van der Waals surface area (Å²) in [4.78, 5) is 28.5. The molecule has 0 saturated carbocycles. The molecule has 180 valence electrons. The van der Waals surface area contributed by atoms with Crippen molar-refractivity contribution in [2.75, 3.05) is 0 Å². The van der Waals surface area contributed by atoms with E-state index in [9.17, 15) is 22.4 Å². The molecule has 4 rings (SSSR count). The van der Waals surface area contributed by atoms with Crippen LogP contribution in [0, 0.1) is 12.7 Å². The Morgan fingerprint density at radius 2 is 1.82 bits per heavy atom. The molecule has 34 heavy (non-hydrogen) atoms. The van der Waals surface area contributed by atoms with E-state index >= 15 is 0 Å². The maximum atomic E-state index is 13.7. The maximum absolute atomic E-state index is 13.7. The van der Waals surface area contributed by atoms with Gasteiger partial charge in [-0.25, -0.2) is 19.3 Å². The third kappa shape index (κ3) is 5.27. The number of amides is 1. The molecule has 5 nitrogen and oxygen atoms in total. The Bertz CT molecular complexity index is 1150. The van der Waals surface area contributed by atoms with Gasteiger partial charge in [-0.15, -0.1) is 11.3 Å².